The van der Waals surface area contributed by atoms with Crippen molar-refractivity contribution in [2.75, 3.05) is 52.3 Å². The smallest absolute Gasteiger partial charge is 0.319 e. The van der Waals surface area contributed by atoms with Crippen LogP contribution in [0.4, 0.5) is 10.1 Å². The maximum atomic E-state index is 15.3. The van der Waals surface area contributed by atoms with Crippen molar-refractivity contribution in [3.05, 3.63) is 100 Å². The number of rotatable bonds is 16. The number of ether oxygens (including phenoxy) is 4. The Hall–Kier alpha value is -5.40. The van der Waals surface area contributed by atoms with Crippen LogP contribution in [-0.2, 0) is 23.1 Å². The van der Waals surface area contributed by atoms with Gasteiger partial charge in [0.1, 0.15) is 12.4 Å². The monoisotopic (exact) mass is 672 g/mol. The van der Waals surface area contributed by atoms with Gasteiger partial charge in [0.05, 0.1) is 37.0 Å². The van der Waals surface area contributed by atoms with Crippen molar-refractivity contribution < 1.29 is 28.1 Å². The molecule has 0 saturated carbocycles. The lowest BCUT2D eigenvalue weighted by Crippen LogP contribution is -2.27. The Morgan fingerprint density at radius 3 is 2.53 bits per heavy atom. The Morgan fingerprint density at radius 2 is 1.80 bits per heavy atom. The number of fused-ring (bicyclic) bond motifs is 1. The molecule has 3 aromatic carbocycles. The summed E-state index contributed by atoms with van der Waals surface area (Å²) in [6, 6.07) is 19.2. The van der Waals surface area contributed by atoms with Gasteiger partial charge in [0, 0.05) is 61.8 Å². The highest BCUT2D eigenvalue weighted by atomic mass is 19.1. The van der Waals surface area contributed by atoms with Crippen molar-refractivity contribution in [1.29, 1.82) is 0 Å². The number of para-hydroxylation sites is 1. The van der Waals surface area contributed by atoms with E-state index in [1.54, 1.807) is 42.3 Å². The summed E-state index contributed by atoms with van der Waals surface area (Å²) in [5.74, 6) is 0.426. The molecule has 0 aliphatic carbocycles. The second kappa shape index (κ2) is 16.1. The fraction of sp³-hybridized carbons (Fsp3) is 0.306. The van der Waals surface area contributed by atoms with E-state index in [1.807, 2.05) is 60.9 Å². The van der Waals surface area contributed by atoms with E-state index < -0.39 is 11.8 Å². The van der Waals surface area contributed by atoms with Crippen LogP contribution in [0.1, 0.15) is 17.7 Å². The Bertz CT molecular complexity index is 1960. The van der Waals surface area contributed by atoms with Gasteiger partial charge in [-0.15, -0.1) is 0 Å². The Kier molecular flexibility index (Phi) is 11.5. The molecule has 0 saturated heterocycles. The molecule has 2 aromatic heterocycles. The summed E-state index contributed by atoms with van der Waals surface area (Å²) in [5.41, 5.74) is 8.36. The van der Waals surface area contributed by atoms with Gasteiger partial charge in [0.25, 0.3) is 5.56 Å². The predicted octanol–water partition coefficient (Wildman–Crippen LogP) is 4.79. The molecule has 258 valence electrons. The Balaban J connectivity index is 1.22. The van der Waals surface area contributed by atoms with E-state index in [-0.39, 0.29) is 31.0 Å². The molecule has 5 aromatic rings. The van der Waals surface area contributed by atoms with Gasteiger partial charge < -0.3 is 34.9 Å². The number of hydrogen-bond donors (Lipinski definition) is 2. The first-order chi connectivity index (χ1) is 23.7. The Labute approximate surface area is 283 Å². The van der Waals surface area contributed by atoms with Gasteiger partial charge in [-0.2, -0.15) is 0 Å². The molecule has 5 rings (SSSR count). The van der Waals surface area contributed by atoms with E-state index in [2.05, 4.69) is 10.3 Å². The number of pyridine rings is 1. The zero-order chi connectivity index (χ0) is 34.9. The predicted molar refractivity (Wildman–Crippen MR) is 185 cm³/mol. The number of methoxy groups -OCH3 is 1. The number of likely N-dealkylation sites (N-methyl/N-ethyl adjacent to an activating group) is 1. The zero-order valence-corrected chi connectivity index (χ0v) is 28.1. The van der Waals surface area contributed by atoms with Gasteiger partial charge in [-0.3, -0.25) is 19.3 Å². The molecular weight excluding hydrogens is 631 g/mol. The van der Waals surface area contributed by atoms with Crippen LogP contribution in [0.15, 0.2) is 77.7 Å². The summed E-state index contributed by atoms with van der Waals surface area (Å²) in [4.78, 5) is 30.9. The standard InChI is InChI=1S/C36H41FN6O6/c1-24-28(36(45)43(42(24)3)26-9-6-5-7-10-26)23-40-25-11-12-32(29(37)19-25)49-31-13-14-39-30-21-34(33(46-4)20-27(30)31)47-17-8-15-41(2)16-18-48-35(44)22-38/h5-7,9-14,19-21,40H,8,15-18,22-23,38H2,1-4H3. The van der Waals surface area contributed by atoms with E-state index >= 15 is 4.39 Å². The molecular formula is C36H41FN6O6. The van der Waals surface area contributed by atoms with E-state index in [0.29, 0.717) is 52.6 Å². The topological polar surface area (TPSA) is 135 Å². The van der Waals surface area contributed by atoms with Crippen molar-refractivity contribution in [3.8, 4) is 28.7 Å². The summed E-state index contributed by atoms with van der Waals surface area (Å²) < 4.78 is 41.4. The maximum absolute atomic E-state index is 15.3. The number of aromatic nitrogens is 3. The Morgan fingerprint density at radius 1 is 1.00 bits per heavy atom. The molecule has 3 N–H and O–H groups in total. The second-order valence-electron chi connectivity index (χ2n) is 11.4. The molecule has 0 radical (unpaired) electrons. The first kappa shape index (κ1) is 34.9. The molecule has 0 atom stereocenters. The summed E-state index contributed by atoms with van der Waals surface area (Å²) in [6.45, 7) is 3.98. The number of benzene rings is 3. The van der Waals surface area contributed by atoms with Gasteiger partial charge in [0.2, 0.25) is 0 Å². The fourth-order valence-corrected chi connectivity index (χ4v) is 5.32. The number of hydrogen-bond acceptors (Lipinski definition) is 10. The number of carbonyl (C=O) groups is 1. The number of nitrogens with zero attached hydrogens (tertiary/aromatic N) is 4. The third-order valence-corrected chi connectivity index (χ3v) is 8.13. The number of esters is 1. The minimum atomic E-state index is -0.573. The molecule has 0 amide bonds. The van der Waals surface area contributed by atoms with Crippen LogP contribution in [0.5, 0.6) is 23.0 Å². The highest BCUT2D eigenvalue weighted by Gasteiger charge is 2.17. The number of anilines is 1. The van der Waals surface area contributed by atoms with Gasteiger partial charge in [-0.25, -0.2) is 9.07 Å². The number of nitrogens with one attached hydrogen (secondary N) is 1. The average molecular weight is 673 g/mol. The number of carbonyl (C=O) groups excluding carboxylic acids is 1. The van der Waals surface area contributed by atoms with Crippen molar-refractivity contribution in [2.45, 2.75) is 19.9 Å². The minimum Gasteiger partial charge on any atom is -0.493 e. The molecule has 2 heterocycles. The number of nitrogens with two attached hydrogens (primary N) is 1. The van der Waals surface area contributed by atoms with Crippen molar-refractivity contribution in [1.82, 2.24) is 19.2 Å². The van der Waals surface area contributed by atoms with Crippen LogP contribution in [0.3, 0.4) is 0 Å². The van der Waals surface area contributed by atoms with Crippen molar-refractivity contribution in [2.24, 2.45) is 12.8 Å². The van der Waals surface area contributed by atoms with Crippen LogP contribution < -0.4 is 30.8 Å². The molecule has 13 heteroatoms. The molecule has 0 bridgehead atoms. The van der Waals surface area contributed by atoms with Gasteiger partial charge in [-0.05, 0) is 56.8 Å². The van der Waals surface area contributed by atoms with Gasteiger partial charge >= 0.3 is 5.97 Å². The van der Waals surface area contributed by atoms with Crippen LogP contribution in [-0.4, -0.2) is 72.2 Å². The normalized spacial score (nSPS) is 11.2. The lowest BCUT2D eigenvalue weighted by molar-refractivity contribution is -0.142. The number of halogens is 1. The molecule has 12 nitrogen and oxygen atoms in total. The minimum absolute atomic E-state index is 0.0292. The molecule has 49 heavy (non-hydrogen) atoms. The van der Waals surface area contributed by atoms with Gasteiger partial charge in [0.15, 0.2) is 23.1 Å². The van der Waals surface area contributed by atoms with E-state index in [9.17, 15) is 9.59 Å². The van der Waals surface area contributed by atoms with E-state index in [0.717, 1.165) is 24.3 Å². The van der Waals surface area contributed by atoms with Crippen LogP contribution in [0.2, 0.25) is 0 Å². The van der Waals surface area contributed by atoms with E-state index in [1.165, 1.54) is 12.1 Å². The third-order valence-electron chi connectivity index (χ3n) is 8.13. The first-order valence-electron chi connectivity index (χ1n) is 15.9. The quantitative estimate of drug-likeness (QED) is 0.111. The maximum Gasteiger partial charge on any atom is 0.319 e. The average Bonchev–Trinajstić information content (AvgIpc) is 3.32. The highest BCUT2D eigenvalue weighted by Crippen LogP contribution is 2.38. The summed E-state index contributed by atoms with van der Waals surface area (Å²) >= 11 is 0. The van der Waals surface area contributed by atoms with Crippen molar-refractivity contribution >= 4 is 22.6 Å². The molecule has 0 aliphatic heterocycles. The van der Waals surface area contributed by atoms with Crippen LogP contribution >= 0.6 is 0 Å². The van der Waals surface area contributed by atoms with Gasteiger partial charge in [-0.1, -0.05) is 18.2 Å². The zero-order valence-electron chi connectivity index (χ0n) is 28.1. The summed E-state index contributed by atoms with van der Waals surface area (Å²) in [5, 5.41) is 3.79. The molecule has 0 spiro atoms. The van der Waals surface area contributed by atoms with Crippen molar-refractivity contribution in [3.63, 3.8) is 0 Å². The van der Waals surface area contributed by atoms with E-state index in [4.69, 9.17) is 24.7 Å². The fourth-order valence-electron chi connectivity index (χ4n) is 5.32. The molecule has 0 unspecified atom stereocenters. The lowest BCUT2D eigenvalue weighted by Gasteiger charge is -2.17. The molecule has 0 aliphatic rings. The molecule has 0 fully saturated rings. The SMILES string of the molecule is COc1cc2c(Oc3ccc(NCc4c(C)n(C)n(-c5ccccc5)c4=O)cc3F)ccnc2cc1OCCCN(C)CCOC(=O)CN. The highest BCUT2D eigenvalue weighted by molar-refractivity contribution is 5.88. The largest absolute Gasteiger partial charge is 0.493 e. The first-order valence-corrected chi connectivity index (χ1v) is 15.9. The second-order valence-corrected chi connectivity index (χ2v) is 11.4. The van der Waals surface area contributed by atoms with Crippen LogP contribution in [0, 0.1) is 12.7 Å². The third kappa shape index (κ3) is 8.37. The lowest BCUT2D eigenvalue weighted by atomic mass is 10.1. The summed E-state index contributed by atoms with van der Waals surface area (Å²) in [6.07, 6.45) is 2.30. The summed E-state index contributed by atoms with van der Waals surface area (Å²) in [7, 11) is 5.31. The van der Waals surface area contributed by atoms with Crippen LogP contribution in [0.25, 0.3) is 16.6 Å².